The van der Waals surface area contributed by atoms with Crippen LogP contribution in [0, 0.1) is 0 Å². The van der Waals surface area contributed by atoms with E-state index >= 15 is 0 Å². The van der Waals surface area contributed by atoms with E-state index in [4.69, 9.17) is 17.3 Å². The zero-order chi connectivity index (χ0) is 17.2. The lowest BCUT2D eigenvalue weighted by atomic mass is 10.2. The molecule has 1 N–H and O–H groups in total. The SMILES string of the molecule is O=C(O)CN1C(=O)C(=Cc2ccc(OC(F)(F)F)cc2)SC1=S. The Morgan fingerprint density at radius 1 is 1.35 bits per heavy atom. The molecule has 1 amide bonds. The number of amides is 1. The van der Waals surface area contributed by atoms with Gasteiger partial charge in [-0.3, -0.25) is 14.5 Å². The number of halogens is 3. The molecule has 1 aromatic carbocycles. The molecule has 0 aliphatic carbocycles. The van der Waals surface area contributed by atoms with Crippen molar-refractivity contribution in [3.8, 4) is 5.75 Å². The quantitative estimate of drug-likeness (QED) is 0.655. The van der Waals surface area contributed by atoms with Gasteiger partial charge in [0.15, 0.2) is 0 Å². The van der Waals surface area contributed by atoms with Gasteiger partial charge in [0.25, 0.3) is 5.91 Å². The van der Waals surface area contributed by atoms with Crippen molar-refractivity contribution in [2.75, 3.05) is 6.54 Å². The number of thioether (sulfide) groups is 1. The van der Waals surface area contributed by atoms with E-state index in [-0.39, 0.29) is 15.0 Å². The van der Waals surface area contributed by atoms with Crippen molar-refractivity contribution in [3.05, 3.63) is 34.7 Å². The number of alkyl halides is 3. The zero-order valence-electron chi connectivity index (χ0n) is 11.2. The molecule has 0 spiro atoms. The van der Waals surface area contributed by atoms with Gasteiger partial charge in [0, 0.05) is 0 Å². The highest BCUT2D eigenvalue weighted by Gasteiger charge is 2.33. The number of nitrogens with zero attached hydrogens (tertiary/aromatic N) is 1. The number of benzene rings is 1. The maximum Gasteiger partial charge on any atom is 0.573 e. The van der Waals surface area contributed by atoms with E-state index in [1.165, 1.54) is 18.2 Å². The summed E-state index contributed by atoms with van der Waals surface area (Å²) in [6, 6.07) is 4.89. The first-order valence-electron chi connectivity index (χ1n) is 5.99. The molecule has 0 aromatic heterocycles. The lowest BCUT2D eigenvalue weighted by Crippen LogP contribution is -2.33. The molecule has 10 heteroatoms. The van der Waals surface area contributed by atoms with Gasteiger partial charge >= 0.3 is 12.3 Å². The Hall–Kier alpha value is -2.07. The van der Waals surface area contributed by atoms with Gasteiger partial charge in [0.2, 0.25) is 0 Å². The van der Waals surface area contributed by atoms with Crippen LogP contribution in [0.1, 0.15) is 5.56 Å². The summed E-state index contributed by atoms with van der Waals surface area (Å²) in [4.78, 5) is 23.8. The number of carboxylic acids is 1. The molecule has 1 heterocycles. The number of hydrogen-bond donors (Lipinski definition) is 1. The summed E-state index contributed by atoms with van der Waals surface area (Å²) in [6.45, 7) is -0.541. The summed E-state index contributed by atoms with van der Waals surface area (Å²) in [6.07, 6.45) is -3.36. The van der Waals surface area contributed by atoms with Crippen molar-refractivity contribution in [2.45, 2.75) is 6.36 Å². The molecule has 2 rings (SSSR count). The first-order chi connectivity index (χ1) is 10.7. The average molecular weight is 363 g/mol. The van der Waals surface area contributed by atoms with Gasteiger partial charge < -0.3 is 9.84 Å². The van der Waals surface area contributed by atoms with Crippen LogP contribution < -0.4 is 4.74 Å². The number of rotatable bonds is 4. The van der Waals surface area contributed by atoms with Crippen LogP contribution in [0.5, 0.6) is 5.75 Å². The summed E-state index contributed by atoms with van der Waals surface area (Å²) < 4.78 is 40.0. The molecule has 1 aromatic rings. The second kappa shape index (κ2) is 6.59. The number of carbonyl (C=O) groups excluding carboxylic acids is 1. The standard InChI is InChI=1S/C13H8F3NO4S2/c14-13(15,16)21-8-3-1-7(2-4-8)5-9-11(20)17(6-10(18)19)12(22)23-9/h1-5H,6H2,(H,18,19). The number of hydrogen-bond acceptors (Lipinski definition) is 5. The lowest BCUT2D eigenvalue weighted by molar-refractivity contribution is -0.274. The van der Waals surface area contributed by atoms with E-state index < -0.39 is 24.8 Å². The fourth-order valence-corrected chi connectivity index (χ4v) is 2.94. The van der Waals surface area contributed by atoms with Crippen LogP contribution in [0.15, 0.2) is 29.2 Å². The van der Waals surface area contributed by atoms with Crippen molar-refractivity contribution in [2.24, 2.45) is 0 Å². The Balaban J connectivity index is 2.14. The predicted octanol–water partition coefficient (Wildman–Crippen LogP) is 2.87. The highest BCUT2D eigenvalue weighted by molar-refractivity contribution is 8.26. The Bertz CT molecular complexity index is 685. The van der Waals surface area contributed by atoms with E-state index in [1.807, 2.05) is 0 Å². The highest BCUT2D eigenvalue weighted by atomic mass is 32.2. The Morgan fingerprint density at radius 2 is 1.96 bits per heavy atom. The molecule has 0 atom stereocenters. The molecular weight excluding hydrogens is 355 g/mol. The van der Waals surface area contributed by atoms with Gasteiger partial charge in [-0.1, -0.05) is 36.1 Å². The molecule has 0 radical (unpaired) electrons. The Morgan fingerprint density at radius 3 is 2.48 bits per heavy atom. The third-order valence-corrected chi connectivity index (χ3v) is 3.96. The first-order valence-corrected chi connectivity index (χ1v) is 7.21. The van der Waals surface area contributed by atoms with Crippen LogP contribution >= 0.6 is 24.0 Å². The minimum absolute atomic E-state index is 0.112. The summed E-state index contributed by atoms with van der Waals surface area (Å²) in [5, 5.41) is 8.72. The second-order valence-electron chi connectivity index (χ2n) is 4.28. The van der Waals surface area contributed by atoms with E-state index in [2.05, 4.69) is 4.74 Å². The van der Waals surface area contributed by atoms with Crippen LogP contribution in [0.3, 0.4) is 0 Å². The molecule has 0 unspecified atom stereocenters. The first kappa shape index (κ1) is 17.3. The summed E-state index contributed by atoms with van der Waals surface area (Å²) >= 11 is 5.86. The summed E-state index contributed by atoms with van der Waals surface area (Å²) in [7, 11) is 0. The highest BCUT2D eigenvalue weighted by Crippen LogP contribution is 2.32. The third kappa shape index (κ3) is 4.70. The molecule has 1 aliphatic rings. The lowest BCUT2D eigenvalue weighted by Gasteiger charge is -2.10. The molecule has 1 saturated heterocycles. The fourth-order valence-electron chi connectivity index (χ4n) is 1.69. The summed E-state index contributed by atoms with van der Waals surface area (Å²) in [5.74, 6) is -2.14. The van der Waals surface area contributed by atoms with Gasteiger partial charge in [-0.05, 0) is 23.8 Å². The smallest absolute Gasteiger partial charge is 0.480 e. The van der Waals surface area contributed by atoms with Gasteiger partial charge in [0.1, 0.15) is 16.6 Å². The predicted molar refractivity (Wildman–Crippen MR) is 80.6 cm³/mol. The number of thiocarbonyl (C=S) groups is 1. The molecular formula is C13H8F3NO4S2. The monoisotopic (exact) mass is 363 g/mol. The van der Waals surface area contributed by atoms with Crippen molar-refractivity contribution in [1.82, 2.24) is 4.90 Å². The van der Waals surface area contributed by atoms with Crippen molar-refractivity contribution in [1.29, 1.82) is 0 Å². The van der Waals surface area contributed by atoms with Crippen LogP contribution in [-0.4, -0.2) is 39.1 Å². The number of carbonyl (C=O) groups is 2. The van der Waals surface area contributed by atoms with E-state index in [9.17, 15) is 22.8 Å². The molecule has 5 nitrogen and oxygen atoms in total. The molecule has 1 fully saturated rings. The minimum atomic E-state index is -4.78. The average Bonchev–Trinajstić information content (AvgIpc) is 2.67. The largest absolute Gasteiger partial charge is 0.573 e. The van der Waals surface area contributed by atoms with Crippen molar-refractivity contribution in [3.63, 3.8) is 0 Å². The maximum absolute atomic E-state index is 12.1. The molecule has 1 aliphatic heterocycles. The molecule has 122 valence electrons. The van der Waals surface area contributed by atoms with Gasteiger partial charge in [0.05, 0.1) is 4.91 Å². The van der Waals surface area contributed by atoms with Gasteiger partial charge in [-0.15, -0.1) is 13.2 Å². The topological polar surface area (TPSA) is 66.8 Å². The normalized spacial score (nSPS) is 17.0. The minimum Gasteiger partial charge on any atom is -0.480 e. The van der Waals surface area contributed by atoms with Gasteiger partial charge in [-0.2, -0.15) is 0 Å². The molecule has 0 bridgehead atoms. The van der Waals surface area contributed by atoms with E-state index in [0.29, 0.717) is 5.56 Å². The van der Waals surface area contributed by atoms with Crippen molar-refractivity contribution >= 4 is 46.3 Å². The van der Waals surface area contributed by atoms with Crippen LogP contribution in [0.2, 0.25) is 0 Å². The maximum atomic E-state index is 12.1. The number of carboxylic acid groups (broad SMARTS) is 1. The number of aliphatic carboxylic acids is 1. The van der Waals surface area contributed by atoms with Gasteiger partial charge in [-0.25, -0.2) is 0 Å². The Labute approximate surface area is 137 Å². The molecule has 0 saturated carbocycles. The van der Waals surface area contributed by atoms with Crippen molar-refractivity contribution < 1.29 is 32.6 Å². The number of ether oxygens (including phenoxy) is 1. The second-order valence-corrected chi connectivity index (χ2v) is 5.95. The van der Waals surface area contributed by atoms with Crippen LogP contribution in [0.25, 0.3) is 6.08 Å². The van der Waals surface area contributed by atoms with E-state index in [1.54, 1.807) is 0 Å². The molecule has 23 heavy (non-hydrogen) atoms. The van der Waals surface area contributed by atoms with Crippen LogP contribution in [-0.2, 0) is 9.59 Å². The third-order valence-electron chi connectivity index (χ3n) is 2.58. The zero-order valence-corrected chi connectivity index (χ0v) is 12.8. The summed E-state index contributed by atoms with van der Waals surface area (Å²) in [5.41, 5.74) is 0.454. The Kier molecular flexibility index (Phi) is 4.95. The fraction of sp³-hybridized carbons (Fsp3) is 0.154. The van der Waals surface area contributed by atoms with Crippen LogP contribution in [0.4, 0.5) is 13.2 Å². The van der Waals surface area contributed by atoms with E-state index in [0.717, 1.165) is 28.8 Å².